The molecule has 166 valence electrons. The Bertz CT molecular complexity index is 1390. The number of amides is 1. The number of rotatable bonds is 7. The summed E-state index contributed by atoms with van der Waals surface area (Å²) in [4.78, 5) is 44.8. The second-order valence-electron chi connectivity index (χ2n) is 7.28. The summed E-state index contributed by atoms with van der Waals surface area (Å²) in [6.45, 7) is 0.484. The molecule has 0 aliphatic carbocycles. The van der Waals surface area contributed by atoms with Crippen molar-refractivity contribution in [3.8, 4) is 5.75 Å². The Hall–Kier alpha value is -2.89. The molecule has 4 aromatic rings. The van der Waals surface area contributed by atoms with E-state index in [1.807, 2.05) is 12.1 Å². The molecule has 0 unspecified atom stereocenters. The SMILES string of the molecule is COc1ccc(CNC(=O)c2cc3c(=O)n(Cc4ccc(C(=O)[O-])cc4)cnc3cn2)cc1.[K+]. The second kappa shape index (κ2) is 11.5. The van der Waals surface area contributed by atoms with E-state index < -0.39 is 11.9 Å². The number of aromatic carboxylic acids is 1. The Labute approximate surface area is 237 Å². The summed E-state index contributed by atoms with van der Waals surface area (Å²) in [6, 6.07) is 14.7. The van der Waals surface area contributed by atoms with Gasteiger partial charge in [-0.25, -0.2) is 9.97 Å². The first kappa shape index (κ1) is 25.7. The van der Waals surface area contributed by atoms with Crippen LogP contribution in [-0.4, -0.2) is 33.5 Å². The minimum Gasteiger partial charge on any atom is -0.545 e. The topological polar surface area (TPSA) is 126 Å². The number of carboxylic acid groups (broad SMARTS) is 1. The Morgan fingerprint density at radius 2 is 1.71 bits per heavy atom. The predicted octanol–water partition coefficient (Wildman–Crippen LogP) is -1.85. The molecule has 0 atom stereocenters. The molecule has 0 spiro atoms. The zero-order valence-electron chi connectivity index (χ0n) is 18.6. The van der Waals surface area contributed by atoms with Gasteiger partial charge in [0.2, 0.25) is 0 Å². The number of benzene rings is 2. The van der Waals surface area contributed by atoms with Crippen LogP contribution >= 0.6 is 0 Å². The third-order valence-electron chi connectivity index (χ3n) is 5.10. The van der Waals surface area contributed by atoms with Crippen LogP contribution < -0.4 is 72.1 Å². The normalized spacial score (nSPS) is 10.4. The van der Waals surface area contributed by atoms with Crippen molar-refractivity contribution in [1.29, 1.82) is 0 Å². The summed E-state index contributed by atoms with van der Waals surface area (Å²) >= 11 is 0. The summed E-state index contributed by atoms with van der Waals surface area (Å²) in [6.07, 6.45) is 2.78. The fourth-order valence-electron chi connectivity index (χ4n) is 3.26. The number of hydrogen-bond donors (Lipinski definition) is 1. The van der Waals surface area contributed by atoms with Crippen molar-refractivity contribution in [1.82, 2.24) is 19.9 Å². The number of carbonyl (C=O) groups is 2. The quantitative estimate of drug-likeness (QED) is 0.306. The molecule has 0 radical (unpaired) electrons. The minimum atomic E-state index is -1.27. The fourth-order valence-corrected chi connectivity index (χ4v) is 3.26. The molecule has 1 amide bonds. The molecule has 0 aliphatic heterocycles. The van der Waals surface area contributed by atoms with Crippen molar-refractivity contribution in [2.24, 2.45) is 0 Å². The number of carbonyl (C=O) groups excluding carboxylic acids is 2. The summed E-state index contributed by atoms with van der Waals surface area (Å²) in [5.41, 5.74) is 1.80. The molecule has 10 heteroatoms. The molecule has 0 aliphatic rings. The van der Waals surface area contributed by atoms with Gasteiger partial charge in [-0.1, -0.05) is 36.4 Å². The molecular formula is C24H19KN4O5. The van der Waals surface area contributed by atoms with E-state index in [0.717, 1.165) is 16.9 Å². The smallest absolute Gasteiger partial charge is 0.545 e. The fraction of sp³-hybridized carbons (Fsp3) is 0.125. The van der Waals surface area contributed by atoms with E-state index in [4.69, 9.17) is 4.74 Å². The van der Waals surface area contributed by atoms with Crippen LogP contribution in [0.5, 0.6) is 5.75 Å². The molecule has 0 bridgehead atoms. The predicted molar refractivity (Wildman–Crippen MR) is 118 cm³/mol. The summed E-state index contributed by atoms with van der Waals surface area (Å²) in [5, 5.41) is 13.9. The molecule has 2 heterocycles. The van der Waals surface area contributed by atoms with Crippen molar-refractivity contribution in [2.75, 3.05) is 7.11 Å². The first-order chi connectivity index (χ1) is 15.9. The number of hydrogen-bond acceptors (Lipinski definition) is 7. The average molecular weight is 483 g/mol. The van der Waals surface area contributed by atoms with Crippen molar-refractivity contribution >= 4 is 22.8 Å². The van der Waals surface area contributed by atoms with E-state index in [1.165, 1.54) is 35.3 Å². The molecule has 0 fully saturated rings. The van der Waals surface area contributed by atoms with Crippen LogP contribution in [0.2, 0.25) is 0 Å². The van der Waals surface area contributed by atoms with E-state index in [0.29, 0.717) is 12.1 Å². The van der Waals surface area contributed by atoms with Gasteiger partial charge in [-0.05, 0) is 34.9 Å². The average Bonchev–Trinajstić information content (AvgIpc) is 2.84. The maximum atomic E-state index is 13.0. The van der Waals surface area contributed by atoms with Crippen LogP contribution in [0.15, 0.2) is 71.9 Å². The van der Waals surface area contributed by atoms with Crippen LogP contribution in [0, 0.1) is 0 Å². The Morgan fingerprint density at radius 1 is 1.03 bits per heavy atom. The Balaban J connectivity index is 0.00000324. The first-order valence-corrected chi connectivity index (χ1v) is 10.0. The molecule has 2 aromatic heterocycles. The van der Waals surface area contributed by atoms with Crippen LogP contribution in [0.3, 0.4) is 0 Å². The molecule has 4 rings (SSSR count). The largest absolute Gasteiger partial charge is 1.00 e. The number of methoxy groups -OCH3 is 1. The number of fused-ring (bicyclic) bond motifs is 1. The molecule has 2 aromatic carbocycles. The second-order valence-corrected chi connectivity index (χ2v) is 7.28. The van der Waals surface area contributed by atoms with Gasteiger partial charge >= 0.3 is 51.4 Å². The minimum absolute atomic E-state index is 0. The molecule has 0 saturated heterocycles. The number of carboxylic acids is 1. The van der Waals surface area contributed by atoms with Gasteiger partial charge in [-0.15, -0.1) is 0 Å². The molecule has 9 nitrogen and oxygen atoms in total. The van der Waals surface area contributed by atoms with Gasteiger partial charge in [-0.2, -0.15) is 0 Å². The van der Waals surface area contributed by atoms with Gasteiger partial charge in [0.15, 0.2) is 0 Å². The standard InChI is InChI=1S/C24H20N4O5.K/c1-33-18-8-4-15(5-9-18)11-26-22(29)20-10-19-21(12-25-20)27-14-28(23(19)30)13-16-2-6-17(7-3-16)24(31)32;/h2-10,12,14H,11,13H2,1H3,(H,26,29)(H,31,32);/q;+1/p-1. The van der Waals surface area contributed by atoms with Gasteiger partial charge in [0, 0.05) is 6.54 Å². The van der Waals surface area contributed by atoms with Gasteiger partial charge in [-0.3, -0.25) is 14.2 Å². The molecular weight excluding hydrogens is 463 g/mol. The van der Waals surface area contributed by atoms with E-state index in [9.17, 15) is 19.5 Å². The van der Waals surface area contributed by atoms with Crippen LogP contribution in [0.1, 0.15) is 32.0 Å². The van der Waals surface area contributed by atoms with Crippen molar-refractivity contribution in [3.05, 3.63) is 99.9 Å². The van der Waals surface area contributed by atoms with Crippen LogP contribution in [0.4, 0.5) is 0 Å². The summed E-state index contributed by atoms with van der Waals surface area (Å²) in [7, 11) is 1.58. The molecule has 0 saturated carbocycles. The van der Waals surface area contributed by atoms with Gasteiger partial charge in [0.05, 0.1) is 43.1 Å². The van der Waals surface area contributed by atoms with Crippen molar-refractivity contribution in [2.45, 2.75) is 13.1 Å². The number of aromatic nitrogens is 3. The summed E-state index contributed by atoms with van der Waals surface area (Å²) in [5.74, 6) is -0.961. The van der Waals surface area contributed by atoms with Gasteiger partial charge < -0.3 is 20.0 Å². The number of ether oxygens (including phenoxy) is 1. The maximum absolute atomic E-state index is 13.0. The number of nitrogens with zero attached hydrogens (tertiary/aromatic N) is 3. The van der Waals surface area contributed by atoms with Crippen molar-refractivity contribution < 1.29 is 70.8 Å². The van der Waals surface area contributed by atoms with E-state index in [2.05, 4.69) is 15.3 Å². The first-order valence-electron chi connectivity index (χ1n) is 10.0. The summed E-state index contributed by atoms with van der Waals surface area (Å²) < 4.78 is 6.50. The third-order valence-corrected chi connectivity index (χ3v) is 5.10. The van der Waals surface area contributed by atoms with Gasteiger partial charge in [0.1, 0.15) is 11.4 Å². The maximum Gasteiger partial charge on any atom is 1.00 e. The monoisotopic (exact) mass is 482 g/mol. The van der Waals surface area contributed by atoms with E-state index in [1.54, 1.807) is 31.4 Å². The van der Waals surface area contributed by atoms with Crippen LogP contribution in [-0.2, 0) is 13.1 Å². The van der Waals surface area contributed by atoms with Crippen molar-refractivity contribution in [3.63, 3.8) is 0 Å². The Kier molecular flexibility index (Phi) is 8.70. The van der Waals surface area contributed by atoms with Crippen LogP contribution in [0.25, 0.3) is 10.9 Å². The zero-order valence-corrected chi connectivity index (χ0v) is 21.8. The van der Waals surface area contributed by atoms with E-state index in [-0.39, 0.29) is 80.1 Å². The number of nitrogens with one attached hydrogen (secondary N) is 1. The zero-order chi connectivity index (χ0) is 23.4. The molecule has 34 heavy (non-hydrogen) atoms. The van der Waals surface area contributed by atoms with Gasteiger partial charge in [0.25, 0.3) is 11.5 Å². The Morgan fingerprint density at radius 3 is 2.35 bits per heavy atom. The third kappa shape index (κ3) is 5.96. The van der Waals surface area contributed by atoms with E-state index >= 15 is 0 Å². The number of pyridine rings is 1. The molecule has 1 N–H and O–H groups in total.